The van der Waals surface area contributed by atoms with Crippen LogP contribution in [0.1, 0.15) is 26.5 Å². The van der Waals surface area contributed by atoms with E-state index in [1.807, 2.05) is 55.5 Å². The predicted octanol–water partition coefficient (Wildman–Crippen LogP) is 3.46. The van der Waals surface area contributed by atoms with Gasteiger partial charge in [-0.05, 0) is 24.1 Å². The second kappa shape index (κ2) is 5.61. The summed E-state index contributed by atoms with van der Waals surface area (Å²) in [5, 5.41) is 0.789. The number of primary amides is 1. The van der Waals surface area contributed by atoms with Gasteiger partial charge in [-0.25, -0.2) is 4.98 Å². The van der Waals surface area contributed by atoms with Crippen LogP contribution in [0.2, 0.25) is 0 Å². The van der Waals surface area contributed by atoms with E-state index in [1.165, 1.54) is 11.3 Å². The molecule has 0 atom stereocenters. The summed E-state index contributed by atoms with van der Waals surface area (Å²) in [6.45, 7) is 1.92. The topological polar surface area (TPSA) is 82.0 Å². The fourth-order valence-electron chi connectivity index (χ4n) is 2.34. The fourth-order valence-corrected chi connectivity index (χ4v) is 3.37. The summed E-state index contributed by atoms with van der Waals surface area (Å²) in [7, 11) is 0. The van der Waals surface area contributed by atoms with E-state index in [2.05, 4.69) is 4.98 Å². The van der Waals surface area contributed by atoms with Crippen molar-refractivity contribution >= 4 is 45.3 Å². The van der Waals surface area contributed by atoms with Gasteiger partial charge in [0.05, 0.1) is 5.69 Å². The minimum atomic E-state index is -0.517. The Morgan fingerprint density at radius 3 is 2.64 bits per heavy atom. The van der Waals surface area contributed by atoms with Crippen LogP contribution in [0.15, 0.2) is 36.4 Å². The lowest BCUT2D eigenvalue weighted by atomic mass is 10.1. The SMILES string of the molecule is Cc1cc(C=Cc2ccccc2)c2c(N)c(C(N)=O)sc2n1. The van der Waals surface area contributed by atoms with E-state index in [0.717, 1.165) is 27.0 Å². The van der Waals surface area contributed by atoms with Gasteiger partial charge in [0.15, 0.2) is 0 Å². The number of nitrogens with zero attached hydrogens (tertiary/aromatic N) is 1. The molecule has 1 amide bonds. The molecule has 22 heavy (non-hydrogen) atoms. The molecule has 0 aliphatic rings. The summed E-state index contributed by atoms with van der Waals surface area (Å²) < 4.78 is 0. The second-order valence-electron chi connectivity index (χ2n) is 4.99. The van der Waals surface area contributed by atoms with E-state index in [1.54, 1.807) is 0 Å². The Kier molecular flexibility index (Phi) is 3.65. The van der Waals surface area contributed by atoms with Crippen LogP contribution in [0.3, 0.4) is 0 Å². The molecular weight excluding hydrogens is 294 g/mol. The van der Waals surface area contributed by atoms with Crippen molar-refractivity contribution in [1.82, 2.24) is 4.98 Å². The first kappa shape index (κ1) is 14.3. The Morgan fingerprint density at radius 2 is 1.95 bits per heavy atom. The van der Waals surface area contributed by atoms with Crippen molar-refractivity contribution in [2.75, 3.05) is 5.73 Å². The Bertz CT molecular complexity index is 882. The molecule has 1 aromatic carbocycles. The van der Waals surface area contributed by atoms with Crippen molar-refractivity contribution in [2.24, 2.45) is 5.73 Å². The lowest BCUT2D eigenvalue weighted by Gasteiger charge is -2.01. The van der Waals surface area contributed by atoms with Gasteiger partial charge in [0.25, 0.3) is 5.91 Å². The number of rotatable bonds is 3. The van der Waals surface area contributed by atoms with Crippen molar-refractivity contribution in [3.63, 3.8) is 0 Å². The maximum absolute atomic E-state index is 11.5. The average molecular weight is 309 g/mol. The third-order valence-corrected chi connectivity index (χ3v) is 4.45. The van der Waals surface area contributed by atoms with Crippen LogP contribution in [-0.4, -0.2) is 10.9 Å². The zero-order valence-electron chi connectivity index (χ0n) is 12.0. The highest BCUT2D eigenvalue weighted by Gasteiger charge is 2.17. The highest BCUT2D eigenvalue weighted by molar-refractivity contribution is 7.21. The van der Waals surface area contributed by atoms with E-state index in [-0.39, 0.29) is 0 Å². The second-order valence-corrected chi connectivity index (χ2v) is 5.99. The molecule has 0 saturated carbocycles. The molecule has 0 spiro atoms. The summed E-state index contributed by atoms with van der Waals surface area (Å²) in [4.78, 5) is 17.0. The number of fused-ring (bicyclic) bond motifs is 1. The van der Waals surface area contributed by atoms with Crippen LogP contribution in [0.4, 0.5) is 5.69 Å². The summed E-state index contributed by atoms with van der Waals surface area (Å²) in [6, 6.07) is 11.9. The third-order valence-electron chi connectivity index (χ3n) is 3.34. The number of nitrogen functional groups attached to an aromatic ring is 1. The molecule has 0 aliphatic carbocycles. The normalized spacial score (nSPS) is 11.3. The molecule has 0 saturated heterocycles. The minimum Gasteiger partial charge on any atom is -0.397 e. The van der Waals surface area contributed by atoms with Crippen LogP contribution >= 0.6 is 11.3 Å². The summed E-state index contributed by atoms with van der Waals surface area (Å²) >= 11 is 1.24. The van der Waals surface area contributed by atoms with Crippen LogP contribution in [0, 0.1) is 6.92 Å². The maximum atomic E-state index is 11.5. The number of benzene rings is 1. The first-order valence-corrected chi connectivity index (χ1v) is 7.60. The highest BCUT2D eigenvalue weighted by atomic mass is 32.1. The predicted molar refractivity (Wildman–Crippen MR) is 92.7 cm³/mol. The number of nitrogens with two attached hydrogens (primary N) is 2. The largest absolute Gasteiger partial charge is 0.397 e. The lowest BCUT2D eigenvalue weighted by molar-refractivity contribution is 0.100. The van der Waals surface area contributed by atoms with Gasteiger partial charge in [-0.15, -0.1) is 11.3 Å². The van der Waals surface area contributed by atoms with E-state index in [9.17, 15) is 4.79 Å². The Morgan fingerprint density at radius 1 is 1.23 bits per heavy atom. The zero-order chi connectivity index (χ0) is 15.7. The molecule has 4 N–H and O–H groups in total. The number of carbonyl (C=O) groups is 1. The van der Waals surface area contributed by atoms with Gasteiger partial charge in [0.1, 0.15) is 9.71 Å². The van der Waals surface area contributed by atoms with Crippen LogP contribution < -0.4 is 11.5 Å². The van der Waals surface area contributed by atoms with E-state index in [4.69, 9.17) is 11.5 Å². The molecule has 4 nitrogen and oxygen atoms in total. The summed E-state index contributed by atoms with van der Waals surface area (Å²) in [6.07, 6.45) is 4.00. The van der Waals surface area contributed by atoms with E-state index in [0.29, 0.717) is 10.6 Å². The summed E-state index contributed by atoms with van der Waals surface area (Å²) in [5.41, 5.74) is 14.8. The molecular formula is C17H15N3OS. The van der Waals surface area contributed by atoms with E-state index < -0.39 is 5.91 Å². The Balaban J connectivity index is 2.16. The Labute approximate surface area is 132 Å². The standard InChI is InChI=1S/C17H15N3OS/c1-10-9-12(8-7-11-5-3-2-4-6-11)13-14(18)15(16(19)21)22-17(13)20-10/h2-9H,18H2,1H3,(H2,19,21). The number of aryl methyl sites for hydroxylation is 1. The monoisotopic (exact) mass is 309 g/mol. The average Bonchev–Trinajstić information content (AvgIpc) is 2.83. The van der Waals surface area contributed by atoms with Gasteiger partial charge in [-0.1, -0.05) is 42.5 Å². The van der Waals surface area contributed by atoms with Gasteiger partial charge in [0.2, 0.25) is 0 Å². The van der Waals surface area contributed by atoms with Crippen molar-refractivity contribution < 1.29 is 4.79 Å². The first-order chi connectivity index (χ1) is 10.6. The number of anilines is 1. The van der Waals surface area contributed by atoms with Crippen molar-refractivity contribution in [2.45, 2.75) is 6.92 Å². The number of hydrogen-bond acceptors (Lipinski definition) is 4. The number of carbonyl (C=O) groups excluding carboxylic acids is 1. The molecule has 0 bridgehead atoms. The molecule has 3 aromatic rings. The fraction of sp³-hybridized carbons (Fsp3) is 0.0588. The van der Waals surface area contributed by atoms with Crippen molar-refractivity contribution in [3.8, 4) is 0 Å². The van der Waals surface area contributed by atoms with Gasteiger partial charge in [0, 0.05) is 11.1 Å². The number of aromatic nitrogens is 1. The van der Waals surface area contributed by atoms with Gasteiger partial charge in [-0.3, -0.25) is 4.79 Å². The van der Waals surface area contributed by atoms with Crippen molar-refractivity contribution in [3.05, 3.63) is 58.1 Å². The molecule has 2 heterocycles. The first-order valence-electron chi connectivity index (χ1n) is 6.79. The van der Waals surface area contributed by atoms with Crippen LogP contribution in [-0.2, 0) is 0 Å². The number of hydrogen-bond donors (Lipinski definition) is 2. The smallest absolute Gasteiger partial charge is 0.260 e. The molecule has 2 aromatic heterocycles. The minimum absolute atomic E-state index is 0.363. The number of thiophene rings is 1. The number of pyridine rings is 1. The van der Waals surface area contributed by atoms with Gasteiger partial charge < -0.3 is 11.5 Å². The summed E-state index contributed by atoms with van der Waals surface area (Å²) in [5.74, 6) is -0.517. The molecule has 0 radical (unpaired) electrons. The van der Waals surface area contributed by atoms with Gasteiger partial charge in [-0.2, -0.15) is 0 Å². The molecule has 0 aliphatic heterocycles. The number of amides is 1. The van der Waals surface area contributed by atoms with Crippen LogP contribution in [0.5, 0.6) is 0 Å². The highest BCUT2D eigenvalue weighted by Crippen LogP contribution is 2.35. The molecule has 0 fully saturated rings. The molecule has 5 heteroatoms. The van der Waals surface area contributed by atoms with E-state index >= 15 is 0 Å². The van der Waals surface area contributed by atoms with Crippen molar-refractivity contribution in [1.29, 1.82) is 0 Å². The molecule has 3 rings (SSSR count). The van der Waals surface area contributed by atoms with Gasteiger partial charge >= 0.3 is 0 Å². The Hall–Kier alpha value is -2.66. The zero-order valence-corrected chi connectivity index (χ0v) is 12.9. The quantitative estimate of drug-likeness (QED) is 0.777. The molecule has 110 valence electrons. The maximum Gasteiger partial charge on any atom is 0.260 e. The lowest BCUT2D eigenvalue weighted by Crippen LogP contribution is -2.10. The van der Waals surface area contributed by atoms with Crippen LogP contribution in [0.25, 0.3) is 22.4 Å². The molecule has 0 unspecified atom stereocenters. The third kappa shape index (κ3) is 2.58.